The SMILES string of the molecule is CCOC(C)(C)CNC1CCC2(CCCC2)CC1. The van der Waals surface area contributed by atoms with Gasteiger partial charge >= 0.3 is 0 Å². The van der Waals surface area contributed by atoms with Gasteiger partial charge in [-0.2, -0.15) is 0 Å². The van der Waals surface area contributed by atoms with Crippen molar-refractivity contribution >= 4 is 0 Å². The van der Waals surface area contributed by atoms with Gasteiger partial charge in [0.25, 0.3) is 0 Å². The number of hydrogen-bond donors (Lipinski definition) is 1. The summed E-state index contributed by atoms with van der Waals surface area (Å²) in [5, 5.41) is 3.73. The predicted octanol–water partition coefficient (Wildman–Crippen LogP) is 3.89. The number of ether oxygens (including phenoxy) is 1. The quantitative estimate of drug-likeness (QED) is 0.802. The molecule has 0 atom stereocenters. The van der Waals surface area contributed by atoms with Gasteiger partial charge in [0.2, 0.25) is 0 Å². The third kappa shape index (κ3) is 3.71. The third-order valence-corrected chi connectivity index (χ3v) is 5.06. The van der Waals surface area contributed by atoms with Crippen molar-refractivity contribution in [3.05, 3.63) is 0 Å². The lowest BCUT2D eigenvalue weighted by molar-refractivity contribution is -0.0123. The van der Waals surface area contributed by atoms with E-state index in [1.807, 2.05) is 0 Å². The van der Waals surface area contributed by atoms with Gasteiger partial charge in [0.15, 0.2) is 0 Å². The Morgan fingerprint density at radius 2 is 1.72 bits per heavy atom. The van der Waals surface area contributed by atoms with E-state index in [1.165, 1.54) is 51.4 Å². The molecule has 106 valence electrons. The number of rotatable bonds is 5. The molecule has 0 aromatic heterocycles. The molecule has 2 saturated carbocycles. The fourth-order valence-corrected chi connectivity index (χ4v) is 3.89. The second-order valence-electron chi connectivity index (χ2n) is 7.05. The van der Waals surface area contributed by atoms with Crippen LogP contribution in [0.5, 0.6) is 0 Å². The monoisotopic (exact) mass is 253 g/mol. The second-order valence-corrected chi connectivity index (χ2v) is 7.05. The van der Waals surface area contributed by atoms with Crippen LogP contribution >= 0.6 is 0 Å². The normalized spacial score (nSPS) is 24.8. The summed E-state index contributed by atoms with van der Waals surface area (Å²) in [6.45, 7) is 8.24. The molecule has 0 unspecified atom stereocenters. The molecule has 2 fully saturated rings. The summed E-state index contributed by atoms with van der Waals surface area (Å²) in [5.41, 5.74) is 0.741. The highest BCUT2D eigenvalue weighted by molar-refractivity contribution is 4.91. The second kappa shape index (κ2) is 5.92. The summed E-state index contributed by atoms with van der Waals surface area (Å²) >= 11 is 0. The number of hydrogen-bond acceptors (Lipinski definition) is 2. The molecular weight excluding hydrogens is 222 g/mol. The standard InChI is InChI=1S/C16H31NO/c1-4-18-15(2,3)13-17-14-7-11-16(12-8-14)9-5-6-10-16/h14,17H,4-13H2,1-3H3. The van der Waals surface area contributed by atoms with E-state index in [1.54, 1.807) is 0 Å². The van der Waals surface area contributed by atoms with Gasteiger partial charge in [-0.25, -0.2) is 0 Å². The molecule has 1 spiro atoms. The topological polar surface area (TPSA) is 21.3 Å². The van der Waals surface area contributed by atoms with E-state index in [-0.39, 0.29) is 5.60 Å². The smallest absolute Gasteiger partial charge is 0.0750 e. The maximum absolute atomic E-state index is 5.75. The van der Waals surface area contributed by atoms with Gasteiger partial charge in [0.1, 0.15) is 0 Å². The molecule has 2 aliphatic rings. The van der Waals surface area contributed by atoms with Crippen LogP contribution in [0.3, 0.4) is 0 Å². The van der Waals surface area contributed by atoms with Gasteiger partial charge < -0.3 is 10.1 Å². The van der Waals surface area contributed by atoms with Crippen LogP contribution in [0.25, 0.3) is 0 Å². The summed E-state index contributed by atoms with van der Waals surface area (Å²) in [6, 6.07) is 0.732. The molecule has 1 N–H and O–H groups in total. The van der Waals surface area contributed by atoms with E-state index in [4.69, 9.17) is 4.74 Å². The Kier molecular flexibility index (Phi) is 4.71. The average molecular weight is 253 g/mol. The lowest BCUT2D eigenvalue weighted by atomic mass is 9.71. The Balaban J connectivity index is 1.70. The minimum atomic E-state index is -0.0166. The van der Waals surface area contributed by atoms with Crippen LogP contribution in [0, 0.1) is 5.41 Å². The highest BCUT2D eigenvalue weighted by Crippen LogP contribution is 2.48. The molecule has 2 aliphatic carbocycles. The third-order valence-electron chi connectivity index (χ3n) is 5.06. The van der Waals surface area contributed by atoms with Crippen molar-refractivity contribution in [3.63, 3.8) is 0 Å². The molecule has 2 rings (SSSR count). The van der Waals surface area contributed by atoms with E-state index in [0.717, 1.165) is 24.6 Å². The summed E-state index contributed by atoms with van der Waals surface area (Å²) in [4.78, 5) is 0. The summed E-state index contributed by atoms with van der Waals surface area (Å²) in [7, 11) is 0. The molecule has 2 heteroatoms. The molecule has 0 bridgehead atoms. The van der Waals surface area contributed by atoms with Crippen molar-refractivity contribution in [1.29, 1.82) is 0 Å². The Labute approximate surface area is 113 Å². The molecule has 0 radical (unpaired) electrons. The fourth-order valence-electron chi connectivity index (χ4n) is 3.89. The van der Waals surface area contributed by atoms with Crippen molar-refractivity contribution in [2.75, 3.05) is 13.2 Å². The van der Waals surface area contributed by atoms with Crippen LogP contribution in [0.2, 0.25) is 0 Å². The molecule has 2 nitrogen and oxygen atoms in total. The highest BCUT2D eigenvalue weighted by Gasteiger charge is 2.37. The number of nitrogens with one attached hydrogen (secondary N) is 1. The molecule has 18 heavy (non-hydrogen) atoms. The first-order valence-corrected chi connectivity index (χ1v) is 7.93. The largest absolute Gasteiger partial charge is 0.375 e. The van der Waals surface area contributed by atoms with Crippen molar-refractivity contribution in [2.24, 2.45) is 5.41 Å². The summed E-state index contributed by atoms with van der Waals surface area (Å²) in [6.07, 6.45) is 11.6. The lowest BCUT2D eigenvalue weighted by Gasteiger charge is -2.38. The first kappa shape index (κ1) is 14.3. The Morgan fingerprint density at radius 3 is 2.28 bits per heavy atom. The van der Waals surface area contributed by atoms with Gasteiger partial charge in [-0.05, 0) is 64.7 Å². The van der Waals surface area contributed by atoms with E-state index in [2.05, 4.69) is 26.1 Å². The van der Waals surface area contributed by atoms with Gasteiger partial charge in [-0.15, -0.1) is 0 Å². The van der Waals surface area contributed by atoms with Crippen molar-refractivity contribution in [3.8, 4) is 0 Å². The predicted molar refractivity (Wildman–Crippen MR) is 76.9 cm³/mol. The Hall–Kier alpha value is -0.0800. The Morgan fingerprint density at radius 1 is 1.11 bits per heavy atom. The average Bonchev–Trinajstić information content (AvgIpc) is 2.77. The zero-order valence-corrected chi connectivity index (χ0v) is 12.6. The van der Waals surface area contributed by atoms with Crippen LogP contribution in [-0.4, -0.2) is 24.8 Å². The van der Waals surface area contributed by atoms with Crippen LogP contribution < -0.4 is 5.32 Å². The zero-order chi connectivity index (χ0) is 13.1. The van der Waals surface area contributed by atoms with Gasteiger partial charge in [0.05, 0.1) is 5.60 Å². The maximum Gasteiger partial charge on any atom is 0.0750 e. The van der Waals surface area contributed by atoms with Crippen LogP contribution in [-0.2, 0) is 4.74 Å². The molecule has 0 aromatic rings. The first-order chi connectivity index (χ1) is 8.55. The molecular formula is C16H31NO. The first-order valence-electron chi connectivity index (χ1n) is 7.93. The molecule has 0 aromatic carbocycles. The maximum atomic E-state index is 5.75. The molecule has 0 aliphatic heterocycles. The summed E-state index contributed by atoms with van der Waals surface area (Å²) < 4.78 is 5.75. The van der Waals surface area contributed by atoms with Crippen LogP contribution in [0.1, 0.15) is 72.1 Å². The van der Waals surface area contributed by atoms with Crippen LogP contribution in [0.4, 0.5) is 0 Å². The van der Waals surface area contributed by atoms with Crippen LogP contribution in [0.15, 0.2) is 0 Å². The van der Waals surface area contributed by atoms with Crippen molar-refractivity contribution < 1.29 is 4.74 Å². The van der Waals surface area contributed by atoms with Gasteiger partial charge in [0, 0.05) is 19.2 Å². The molecule has 0 saturated heterocycles. The van der Waals surface area contributed by atoms with Crippen molar-refractivity contribution in [2.45, 2.75) is 83.8 Å². The van der Waals surface area contributed by atoms with Gasteiger partial charge in [-0.3, -0.25) is 0 Å². The minimum absolute atomic E-state index is 0.0166. The van der Waals surface area contributed by atoms with Gasteiger partial charge in [-0.1, -0.05) is 12.8 Å². The van der Waals surface area contributed by atoms with E-state index >= 15 is 0 Å². The van der Waals surface area contributed by atoms with E-state index < -0.39 is 0 Å². The lowest BCUT2D eigenvalue weighted by Crippen LogP contribution is -2.44. The molecule has 0 heterocycles. The van der Waals surface area contributed by atoms with E-state index in [9.17, 15) is 0 Å². The Bertz CT molecular complexity index is 246. The minimum Gasteiger partial charge on any atom is -0.375 e. The fraction of sp³-hybridized carbons (Fsp3) is 1.00. The van der Waals surface area contributed by atoms with E-state index in [0.29, 0.717) is 0 Å². The highest BCUT2D eigenvalue weighted by atomic mass is 16.5. The molecule has 0 amide bonds. The van der Waals surface area contributed by atoms with Crippen molar-refractivity contribution in [1.82, 2.24) is 5.32 Å². The zero-order valence-electron chi connectivity index (χ0n) is 12.6. The summed E-state index contributed by atoms with van der Waals surface area (Å²) in [5.74, 6) is 0.